The number of amides is 1. The average Bonchev–Trinajstić information content (AvgIpc) is 2.60. The average molecular weight is 263 g/mol. The molecule has 1 fully saturated rings. The van der Waals surface area contributed by atoms with Crippen molar-refractivity contribution in [3.63, 3.8) is 0 Å². The third-order valence-corrected chi connectivity index (χ3v) is 3.19. The van der Waals surface area contributed by atoms with Gasteiger partial charge < -0.3 is 5.32 Å². The molecule has 2 unspecified atom stereocenters. The van der Waals surface area contributed by atoms with Crippen LogP contribution >= 0.6 is 15.9 Å². The van der Waals surface area contributed by atoms with Crippen LogP contribution in [-0.2, 0) is 4.79 Å². The number of alkyl halides is 1. The normalized spacial score (nSPS) is 24.9. The third-order valence-electron chi connectivity index (χ3n) is 2.78. The van der Waals surface area contributed by atoms with Gasteiger partial charge in [-0.05, 0) is 32.9 Å². The summed E-state index contributed by atoms with van der Waals surface area (Å²) in [5, 5.41) is 2.96. The smallest absolute Gasteiger partial charge is 0.233 e. The molecular formula is C10H19BrN2O. The molecule has 0 radical (unpaired) electrons. The molecule has 1 amide bonds. The van der Waals surface area contributed by atoms with Crippen molar-refractivity contribution in [3.05, 3.63) is 0 Å². The van der Waals surface area contributed by atoms with Gasteiger partial charge in [0.15, 0.2) is 0 Å². The molecule has 1 aliphatic heterocycles. The quantitative estimate of drug-likeness (QED) is 0.777. The van der Waals surface area contributed by atoms with Crippen LogP contribution < -0.4 is 5.32 Å². The van der Waals surface area contributed by atoms with Crippen LogP contribution in [0.25, 0.3) is 0 Å². The molecule has 1 heterocycles. The molecule has 3 nitrogen and oxygen atoms in total. The van der Waals surface area contributed by atoms with E-state index in [0.717, 1.165) is 13.1 Å². The van der Waals surface area contributed by atoms with E-state index in [4.69, 9.17) is 0 Å². The van der Waals surface area contributed by atoms with Crippen LogP contribution in [0.2, 0.25) is 0 Å². The first-order chi connectivity index (χ1) is 6.65. The SMILES string of the molecule is CCN1CCCC1CNC(=O)C(C)Br. The second kappa shape index (κ2) is 5.71. The fourth-order valence-electron chi connectivity index (χ4n) is 1.90. The molecule has 1 rings (SSSR count). The van der Waals surface area contributed by atoms with E-state index in [1.165, 1.54) is 19.4 Å². The maximum atomic E-state index is 11.3. The highest BCUT2D eigenvalue weighted by Crippen LogP contribution is 2.15. The molecule has 82 valence electrons. The minimum absolute atomic E-state index is 0.0843. The first kappa shape index (κ1) is 12.0. The summed E-state index contributed by atoms with van der Waals surface area (Å²) in [6, 6.07) is 0.551. The van der Waals surface area contributed by atoms with Crippen LogP contribution in [-0.4, -0.2) is 41.3 Å². The standard InChI is InChI=1S/C10H19BrN2O/c1-3-13-6-4-5-9(13)7-12-10(14)8(2)11/h8-9H,3-7H2,1-2H3,(H,12,14). The van der Waals surface area contributed by atoms with Crippen molar-refractivity contribution in [1.29, 1.82) is 0 Å². The highest BCUT2D eigenvalue weighted by molar-refractivity contribution is 9.10. The predicted molar refractivity (Wildman–Crippen MR) is 61.7 cm³/mol. The number of likely N-dealkylation sites (tertiary alicyclic amines) is 1. The predicted octanol–water partition coefficient (Wildman–Crippen LogP) is 1.37. The van der Waals surface area contributed by atoms with Crippen molar-refractivity contribution < 1.29 is 4.79 Å². The second-order valence-corrected chi connectivity index (χ2v) is 5.16. The van der Waals surface area contributed by atoms with E-state index < -0.39 is 0 Å². The molecule has 0 saturated carbocycles. The highest BCUT2D eigenvalue weighted by Gasteiger charge is 2.23. The van der Waals surface area contributed by atoms with Crippen molar-refractivity contribution in [2.45, 2.75) is 37.6 Å². The Labute approximate surface area is 94.4 Å². The van der Waals surface area contributed by atoms with Gasteiger partial charge in [0.1, 0.15) is 0 Å². The van der Waals surface area contributed by atoms with Crippen molar-refractivity contribution in [2.75, 3.05) is 19.6 Å². The van der Waals surface area contributed by atoms with Gasteiger partial charge in [-0.15, -0.1) is 0 Å². The zero-order valence-electron chi connectivity index (χ0n) is 8.92. The number of hydrogen-bond donors (Lipinski definition) is 1. The maximum absolute atomic E-state index is 11.3. The molecule has 0 spiro atoms. The topological polar surface area (TPSA) is 32.3 Å². The van der Waals surface area contributed by atoms with Gasteiger partial charge in [0.2, 0.25) is 5.91 Å². The molecule has 0 aromatic heterocycles. The minimum atomic E-state index is -0.0843. The Balaban J connectivity index is 2.27. The molecule has 0 aliphatic carbocycles. The van der Waals surface area contributed by atoms with Gasteiger partial charge in [-0.25, -0.2) is 0 Å². The van der Waals surface area contributed by atoms with E-state index in [1.807, 2.05) is 6.92 Å². The van der Waals surface area contributed by atoms with E-state index in [0.29, 0.717) is 6.04 Å². The minimum Gasteiger partial charge on any atom is -0.354 e. The molecule has 0 bridgehead atoms. The summed E-state index contributed by atoms with van der Waals surface area (Å²) in [7, 11) is 0. The first-order valence-corrected chi connectivity index (χ1v) is 6.22. The number of hydrogen-bond acceptors (Lipinski definition) is 2. The summed E-state index contributed by atoms with van der Waals surface area (Å²) in [4.78, 5) is 13.7. The van der Waals surface area contributed by atoms with E-state index in [1.54, 1.807) is 0 Å². The molecule has 0 aromatic rings. The first-order valence-electron chi connectivity index (χ1n) is 5.31. The molecule has 1 saturated heterocycles. The summed E-state index contributed by atoms with van der Waals surface area (Å²) >= 11 is 3.26. The Hall–Kier alpha value is -0.0900. The molecule has 1 aliphatic rings. The van der Waals surface area contributed by atoms with Gasteiger partial charge >= 0.3 is 0 Å². The van der Waals surface area contributed by atoms with Crippen LogP contribution in [0.1, 0.15) is 26.7 Å². The van der Waals surface area contributed by atoms with E-state index in [9.17, 15) is 4.79 Å². The van der Waals surface area contributed by atoms with E-state index in [2.05, 4.69) is 33.1 Å². The molecule has 1 N–H and O–H groups in total. The van der Waals surface area contributed by atoms with Gasteiger partial charge in [0.25, 0.3) is 0 Å². The Morgan fingerprint density at radius 1 is 1.71 bits per heavy atom. The molecular weight excluding hydrogens is 244 g/mol. The summed E-state index contributed by atoms with van der Waals surface area (Å²) < 4.78 is 0. The molecule has 2 atom stereocenters. The van der Waals surface area contributed by atoms with E-state index in [-0.39, 0.29) is 10.7 Å². The Kier molecular flexibility index (Phi) is 4.89. The van der Waals surface area contributed by atoms with Gasteiger partial charge in [0, 0.05) is 12.6 Å². The number of likely N-dealkylation sites (N-methyl/N-ethyl adjacent to an activating group) is 1. The zero-order valence-corrected chi connectivity index (χ0v) is 10.5. The van der Waals surface area contributed by atoms with Crippen molar-refractivity contribution >= 4 is 21.8 Å². The van der Waals surface area contributed by atoms with Crippen LogP contribution in [0.5, 0.6) is 0 Å². The number of halogens is 1. The van der Waals surface area contributed by atoms with Crippen LogP contribution in [0.3, 0.4) is 0 Å². The van der Waals surface area contributed by atoms with Gasteiger partial charge in [-0.1, -0.05) is 22.9 Å². The van der Waals surface area contributed by atoms with Gasteiger partial charge in [-0.2, -0.15) is 0 Å². The van der Waals surface area contributed by atoms with E-state index >= 15 is 0 Å². The molecule has 4 heteroatoms. The van der Waals surface area contributed by atoms with Crippen LogP contribution in [0, 0.1) is 0 Å². The second-order valence-electron chi connectivity index (χ2n) is 3.79. The lowest BCUT2D eigenvalue weighted by Gasteiger charge is -2.23. The van der Waals surface area contributed by atoms with Crippen molar-refractivity contribution in [3.8, 4) is 0 Å². The largest absolute Gasteiger partial charge is 0.354 e. The highest BCUT2D eigenvalue weighted by atomic mass is 79.9. The fourth-order valence-corrected chi connectivity index (χ4v) is 2.06. The Morgan fingerprint density at radius 2 is 2.43 bits per heavy atom. The lowest BCUT2D eigenvalue weighted by Crippen LogP contribution is -2.41. The number of nitrogens with zero attached hydrogens (tertiary/aromatic N) is 1. The fraction of sp³-hybridized carbons (Fsp3) is 0.900. The molecule has 14 heavy (non-hydrogen) atoms. The van der Waals surface area contributed by atoms with Gasteiger partial charge in [0.05, 0.1) is 4.83 Å². The van der Waals surface area contributed by atoms with Crippen molar-refractivity contribution in [1.82, 2.24) is 10.2 Å². The Bertz CT molecular complexity index is 197. The third kappa shape index (κ3) is 3.24. The zero-order chi connectivity index (χ0) is 10.6. The maximum Gasteiger partial charge on any atom is 0.233 e. The van der Waals surface area contributed by atoms with Gasteiger partial charge in [-0.3, -0.25) is 9.69 Å². The number of rotatable bonds is 4. The number of nitrogens with one attached hydrogen (secondary N) is 1. The summed E-state index contributed by atoms with van der Waals surface area (Å²) in [5.41, 5.74) is 0. The summed E-state index contributed by atoms with van der Waals surface area (Å²) in [6.45, 7) is 7.09. The number of carbonyl (C=O) groups is 1. The monoisotopic (exact) mass is 262 g/mol. The summed E-state index contributed by atoms with van der Waals surface area (Å²) in [6.07, 6.45) is 2.48. The molecule has 0 aromatic carbocycles. The summed E-state index contributed by atoms with van der Waals surface area (Å²) in [5.74, 6) is 0.0907. The van der Waals surface area contributed by atoms with Crippen molar-refractivity contribution in [2.24, 2.45) is 0 Å². The Morgan fingerprint density at radius 3 is 3.00 bits per heavy atom. The van der Waals surface area contributed by atoms with Crippen LogP contribution in [0.15, 0.2) is 0 Å². The van der Waals surface area contributed by atoms with Crippen LogP contribution in [0.4, 0.5) is 0 Å². The number of carbonyl (C=O) groups excluding carboxylic acids is 1. The lowest BCUT2D eigenvalue weighted by atomic mass is 10.2. The lowest BCUT2D eigenvalue weighted by molar-refractivity contribution is -0.120.